The third-order valence-electron chi connectivity index (χ3n) is 6.69. The van der Waals surface area contributed by atoms with Gasteiger partial charge in [-0.1, -0.05) is 0 Å². The molecule has 4 rings (SSSR count). The summed E-state index contributed by atoms with van der Waals surface area (Å²) in [7, 11) is 3.19. The van der Waals surface area contributed by atoms with Crippen LogP contribution in [-0.2, 0) is 14.1 Å². The van der Waals surface area contributed by atoms with Crippen LogP contribution in [0, 0.1) is 5.41 Å². The van der Waals surface area contributed by atoms with Gasteiger partial charge in [0.15, 0.2) is 10.9 Å². The summed E-state index contributed by atoms with van der Waals surface area (Å²) in [4.78, 5) is 57.3. The zero-order valence-corrected chi connectivity index (χ0v) is 29.0. The molecule has 256 valence electrons. The maximum absolute atomic E-state index is 13.0. The molecule has 0 saturated carbocycles. The van der Waals surface area contributed by atoms with E-state index in [0.717, 1.165) is 17.0 Å². The molecule has 0 bridgehead atoms. The van der Waals surface area contributed by atoms with Gasteiger partial charge >= 0.3 is 0 Å². The van der Waals surface area contributed by atoms with Crippen molar-refractivity contribution >= 4 is 98.7 Å². The number of alkyl halides is 2. The van der Waals surface area contributed by atoms with Crippen LogP contribution in [0.5, 0.6) is 0 Å². The van der Waals surface area contributed by atoms with Crippen molar-refractivity contribution < 1.29 is 19.2 Å². The molecule has 0 unspecified atom stereocenters. The number of anilines is 4. The van der Waals surface area contributed by atoms with Gasteiger partial charge in [-0.2, -0.15) is 5.10 Å². The fraction of sp³-hybridized carbons (Fsp3) is 0.276. The minimum Gasteiger partial charge on any atom is -0.388 e. The Morgan fingerprint density at radius 3 is 2.27 bits per heavy atom. The summed E-state index contributed by atoms with van der Waals surface area (Å²) in [5.74, 6) is -0.881. The number of nitrogens with zero attached hydrogens (tertiary/aromatic N) is 5. The molecular formula is C29H34Cl3N11O4S. The van der Waals surface area contributed by atoms with Gasteiger partial charge in [0.25, 0.3) is 23.6 Å². The number of amides is 4. The van der Waals surface area contributed by atoms with Crippen LogP contribution in [0.4, 0.5) is 22.3 Å². The SMILES string of the molecule is Cl.Cn1cc(NC(=O)c2csc(NC(=O)c3ccc(N(CCCl)CCCl)cc3)n2)cc1C(=O)Nc1cc(C(=O)NCCC(=N)N)n(C)n1. The molecule has 0 radical (unpaired) electrons. The average Bonchev–Trinajstić information content (AvgIpc) is 3.75. The summed E-state index contributed by atoms with van der Waals surface area (Å²) in [5, 5.41) is 23.8. The summed E-state index contributed by atoms with van der Waals surface area (Å²) in [5.41, 5.74) is 7.45. The van der Waals surface area contributed by atoms with Gasteiger partial charge in [0, 0.05) is 80.8 Å². The van der Waals surface area contributed by atoms with Crippen LogP contribution >= 0.6 is 46.9 Å². The second-order valence-corrected chi connectivity index (χ2v) is 11.7. The van der Waals surface area contributed by atoms with Crippen LogP contribution in [0.15, 0.2) is 48.0 Å². The topological polar surface area (TPSA) is 205 Å². The van der Waals surface area contributed by atoms with Crippen molar-refractivity contribution in [3.63, 3.8) is 0 Å². The number of amidine groups is 1. The molecule has 0 fully saturated rings. The molecule has 0 spiro atoms. The number of nitrogens with two attached hydrogens (primary N) is 1. The number of carbonyl (C=O) groups excluding carboxylic acids is 4. The molecule has 3 heterocycles. The summed E-state index contributed by atoms with van der Waals surface area (Å²) in [6.07, 6.45) is 1.76. The highest BCUT2D eigenvalue weighted by molar-refractivity contribution is 7.14. The van der Waals surface area contributed by atoms with Gasteiger partial charge in [0.2, 0.25) is 0 Å². The van der Waals surface area contributed by atoms with Crippen LogP contribution in [0.2, 0.25) is 0 Å². The van der Waals surface area contributed by atoms with Crippen LogP contribution in [0.1, 0.15) is 48.2 Å². The highest BCUT2D eigenvalue weighted by Crippen LogP contribution is 2.21. The Balaban J connectivity index is 0.00000625. The molecule has 3 aromatic heterocycles. The first-order valence-electron chi connectivity index (χ1n) is 14.2. The second kappa shape index (κ2) is 17.5. The number of hydrogen-bond acceptors (Lipinski definition) is 9. The van der Waals surface area contributed by atoms with Crippen LogP contribution in [-0.4, -0.2) is 80.2 Å². The van der Waals surface area contributed by atoms with Crippen molar-refractivity contribution in [3.05, 3.63) is 70.6 Å². The van der Waals surface area contributed by atoms with Gasteiger partial charge in [-0.15, -0.1) is 46.9 Å². The number of aromatic nitrogens is 4. The lowest BCUT2D eigenvalue weighted by atomic mass is 10.2. The van der Waals surface area contributed by atoms with E-state index in [1.165, 1.54) is 26.8 Å². The number of nitrogens with one attached hydrogen (secondary N) is 5. The first-order chi connectivity index (χ1) is 22.5. The first-order valence-corrected chi connectivity index (χ1v) is 16.1. The molecule has 7 N–H and O–H groups in total. The molecule has 1 aromatic carbocycles. The molecule has 0 aliphatic carbocycles. The van der Waals surface area contributed by atoms with Crippen LogP contribution < -0.4 is 31.9 Å². The fourth-order valence-corrected chi connectivity index (χ4v) is 5.47. The van der Waals surface area contributed by atoms with E-state index >= 15 is 0 Å². The Morgan fingerprint density at radius 2 is 1.62 bits per heavy atom. The fourth-order valence-electron chi connectivity index (χ4n) is 4.38. The molecule has 48 heavy (non-hydrogen) atoms. The monoisotopic (exact) mass is 737 g/mol. The Kier molecular flexibility index (Phi) is 13.8. The maximum atomic E-state index is 13.0. The molecule has 0 aliphatic rings. The number of carbonyl (C=O) groups is 4. The highest BCUT2D eigenvalue weighted by atomic mass is 35.5. The smallest absolute Gasteiger partial charge is 0.275 e. The molecule has 0 atom stereocenters. The molecule has 0 saturated heterocycles. The van der Waals surface area contributed by atoms with E-state index in [0.29, 0.717) is 36.1 Å². The van der Waals surface area contributed by atoms with Gasteiger partial charge in [-0.3, -0.25) is 34.6 Å². The van der Waals surface area contributed by atoms with Crippen molar-refractivity contribution in [2.75, 3.05) is 52.2 Å². The lowest BCUT2D eigenvalue weighted by Gasteiger charge is -2.22. The van der Waals surface area contributed by atoms with Crippen molar-refractivity contribution in [1.82, 2.24) is 24.6 Å². The number of rotatable bonds is 15. The van der Waals surface area contributed by atoms with Crippen LogP contribution in [0.25, 0.3) is 0 Å². The minimum atomic E-state index is -0.535. The second-order valence-electron chi connectivity index (χ2n) is 10.1. The van der Waals surface area contributed by atoms with Crippen LogP contribution in [0.3, 0.4) is 0 Å². The average molecular weight is 739 g/mol. The van der Waals surface area contributed by atoms with Gasteiger partial charge in [0.05, 0.1) is 11.5 Å². The number of halogens is 3. The van der Waals surface area contributed by atoms with Crippen molar-refractivity contribution in [2.45, 2.75) is 6.42 Å². The summed E-state index contributed by atoms with van der Waals surface area (Å²) in [6.45, 7) is 1.44. The normalized spacial score (nSPS) is 10.5. The zero-order valence-electron chi connectivity index (χ0n) is 25.9. The van der Waals surface area contributed by atoms with Gasteiger partial charge < -0.3 is 31.2 Å². The number of hydrogen-bond donors (Lipinski definition) is 6. The van der Waals surface area contributed by atoms with E-state index in [4.69, 9.17) is 34.3 Å². The number of thiazole rings is 1. The van der Waals surface area contributed by atoms with Gasteiger partial charge in [-0.05, 0) is 30.3 Å². The van der Waals surface area contributed by atoms with E-state index in [9.17, 15) is 19.2 Å². The third-order valence-corrected chi connectivity index (χ3v) is 7.79. The minimum absolute atomic E-state index is 0. The summed E-state index contributed by atoms with van der Waals surface area (Å²) < 4.78 is 2.84. The molecule has 4 aromatic rings. The lowest BCUT2D eigenvalue weighted by Crippen LogP contribution is -2.29. The lowest BCUT2D eigenvalue weighted by molar-refractivity contribution is 0.0943. The maximum Gasteiger partial charge on any atom is 0.275 e. The van der Waals surface area contributed by atoms with E-state index in [1.54, 1.807) is 32.4 Å². The third kappa shape index (κ3) is 9.93. The van der Waals surface area contributed by atoms with E-state index in [1.807, 2.05) is 17.0 Å². The van der Waals surface area contributed by atoms with E-state index in [-0.39, 0.29) is 65.1 Å². The molecule has 19 heteroatoms. The zero-order chi connectivity index (χ0) is 34.1. The first kappa shape index (κ1) is 37.8. The van der Waals surface area contributed by atoms with Crippen molar-refractivity contribution in [1.29, 1.82) is 5.41 Å². The van der Waals surface area contributed by atoms with Gasteiger partial charge in [0.1, 0.15) is 17.1 Å². The Bertz CT molecular complexity index is 1770. The van der Waals surface area contributed by atoms with Crippen molar-refractivity contribution in [3.8, 4) is 0 Å². The Labute approximate surface area is 296 Å². The summed E-state index contributed by atoms with van der Waals surface area (Å²) in [6, 6.07) is 9.90. The summed E-state index contributed by atoms with van der Waals surface area (Å²) >= 11 is 12.9. The van der Waals surface area contributed by atoms with Crippen molar-refractivity contribution in [2.24, 2.45) is 19.8 Å². The van der Waals surface area contributed by atoms with E-state index < -0.39 is 17.7 Å². The molecule has 0 aliphatic heterocycles. The number of benzene rings is 1. The quantitative estimate of drug-likeness (QED) is 0.0601. The molecular weight excluding hydrogens is 705 g/mol. The Morgan fingerprint density at radius 1 is 0.938 bits per heavy atom. The van der Waals surface area contributed by atoms with E-state index in [2.05, 4.69) is 31.3 Å². The predicted molar refractivity (Wildman–Crippen MR) is 191 cm³/mol. The largest absolute Gasteiger partial charge is 0.388 e. The Hall–Kier alpha value is -4.64. The molecule has 15 nitrogen and oxygen atoms in total. The standard InChI is InChI=1S/C29H33Cl2N11O4S.ClH/c1-40-15-18(13-21(40)28(46)37-24-14-22(41(2)39-24)27(45)34-10-7-23(32)33)35-26(44)20-16-47-29(36-20)38-25(43)17-3-5-19(6-4-17)42(11-8-30)12-9-31;/h3-6,13-16H,7-12H2,1-2H3,(H3,32,33)(H,34,45)(H,35,44)(H,36,38,43)(H,37,39,46);1H. The van der Waals surface area contributed by atoms with Gasteiger partial charge in [-0.25, -0.2) is 4.98 Å². The molecule has 4 amide bonds. The highest BCUT2D eigenvalue weighted by Gasteiger charge is 2.19. The predicted octanol–water partition coefficient (Wildman–Crippen LogP) is 3.73. The number of aryl methyl sites for hydroxylation is 2.